The smallest absolute Gasteiger partial charge is 0.139 e. The molecular weight excluding hydrogens is 298 g/mol. The summed E-state index contributed by atoms with van der Waals surface area (Å²) in [5.74, 6) is 0.697. The minimum Gasteiger partial charge on any atom is -0.491 e. The maximum atomic E-state index is 9.28. The van der Waals surface area contributed by atoms with Crippen molar-refractivity contribution in [1.82, 2.24) is 4.90 Å². The van der Waals surface area contributed by atoms with Crippen LogP contribution in [0.5, 0.6) is 5.75 Å². The van der Waals surface area contributed by atoms with E-state index in [0.29, 0.717) is 24.0 Å². The second-order valence-electron chi connectivity index (χ2n) is 6.69. The van der Waals surface area contributed by atoms with E-state index in [0.717, 1.165) is 25.3 Å². The first kappa shape index (κ1) is 18.6. The molecular formula is C20H31N3O. The number of nitrogens with one attached hydrogen (secondary N) is 1. The maximum absolute atomic E-state index is 9.28. The van der Waals surface area contributed by atoms with Crippen LogP contribution in [-0.2, 0) is 0 Å². The zero-order valence-corrected chi connectivity index (χ0v) is 15.2. The zero-order chi connectivity index (χ0) is 17.2. The average Bonchev–Trinajstić information content (AvgIpc) is 2.60. The molecule has 24 heavy (non-hydrogen) atoms. The highest BCUT2D eigenvalue weighted by Gasteiger charge is 2.17. The lowest BCUT2D eigenvalue weighted by Gasteiger charge is -2.33. The van der Waals surface area contributed by atoms with Crippen LogP contribution in [0.3, 0.4) is 0 Å². The molecule has 0 aliphatic carbocycles. The summed E-state index contributed by atoms with van der Waals surface area (Å²) in [6, 6.07) is 8.65. The molecule has 2 rings (SSSR count). The second-order valence-corrected chi connectivity index (χ2v) is 6.69. The first-order valence-corrected chi connectivity index (χ1v) is 9.39. The lowest BCUT2D eigenvalue weighted by atomic mass is 10.0. The summed E-state index contributed by atoms with van der Waals surface area (Å²) in [6.07, 6.45) is 7.52. The molecule has 1 atom stereocenters. The van der Waals surface area contributed by atoms with Crippen LogP contribution in [0.4, 0.5) is 5.69 Å². The summed E-state index contributed by atoms with van der Waals surface area (Å²) in [5, 5.41) is 12.7. The van der Waals surface area contributed by atoms with Crippen LogP contribution in [0.25, 0.3) is 0 Å². The van der Waals surface area contributed by atoms with E-state index in [4.69, 9.17) is 4.74 Å². The van der Waals surface area contributed by atoms with E-state index in [-0.39, 0.29) is 0 Å². The fraction of sp³-hybridized carbons (Fsp3) is 0.650. The number of benzene rings is 1. The largest absolute Gasteiger partial charge is 0.491 e. The fourth-order valence-corrected chi connectivity index (χ4v) is 3.21. The molecule has 0 unspecified atom stereocenters. The molecule has 0 spiro atoms. The summed E-state index contributed by atoms with van der Waals surface area (Å²) in [4.78, 5) is 2.49. The lowest BCUT2D eigenvalue weighted by Crippen LogP contribution is -2.39. The lowest BCUT2D eigenvalue weighted by molar-refractivity contribution is 0.133. The fourth-order valence-electron chi connectivity index (χ4n) is 3.21. The van der Waals surface area contributed by atoms with Gasteiger partial charge in [0.1, 0.15) is 18.4 Å². The number of piperidine rings is 1. The number of nitrogens with zero attached hydrogens (tertiary/aromatic N) is 2. The van der Waals surface area contributed by atoms with Gasteiger partial charge < -0.3 is 10.1 Å². The van der Waals surface area contributed by atoms with Crippen LogP contribution in [0, 0.1) is 11.3 Å². The van der Waals surface area contributed by atoms with Crippen molar-refractivity contribution in [3.63, 3.8) is 0 Å². The van der Waals surface area contributed by atoms with Crippen molar-refractivity contribution in [2.45, 2.75) is 58.4 Å². The highest BCUT2D eigenvalue weighted by Crippen LogP contribution is 2.23. The van der Waals surface area contributed by atoms with Crippen LogP contribution in [0.1, 0.15) is 57.9 Å². The maximum Gasteiger partial charge on any atom is 0.139 e. The van der Waals surface area contributed by atoms with E-state index in [2.05, 4.69) is 30.1 Å². The first-order valence-electron chi connectivity index (χ1n) is 9.39. The third kappa shape index (κ3) is 5.72. The van der Waals surface area contributed by atoms with E-state index in [1.807, 2.05) is 18.2 Å². The van der Waals surface area contributed by atoms with E-state index >= 15 is 0 Å². The van der Waals surface area contributed by atoms with Crippen LogP contribution < -0.4 is 10.1 Å². The monoisotopic (exact) mass is 329 g/mol. The predicted octanol–water partition coefficient (Wildman–Crippen LogP) is 4.41. The topological polar surface area (TPSA) is 48.3 Å². The van der Waals surface area contributed by atoms with Gasteiger partial charge in [-0.15, -0.1) is 0 Å². The summed E-state index contributed by atoms with van der Waals surface area (Å²) in [5.41, 5.74) is 1.65. The number of anilines is 1. The second kappa shape index (κ2) is 10.2. The standard InChI is InChI=1S/C20H31N3O/c1-3-4-6-11-22-19-10-9-18(16-21)20(15-19)24-14-13-23-12-7-5-8-17(23)2/h9-10,15,17,22H,3-8,11-14H2,1-2H3/t17-/m1/s1. The van der Waals surface area contributed by atoms with Gasteiger partial charge in [0.05, 0.1) is 5.56 Å². The molecule has 4 heteroatoms. The van der Waals surface area contributed by atoms with Crippen molar-refractivity contribution in [2.24, 2.45) is 0 Å². The van der Waals surface area contributed by atoms with Crippen molar-refractivity contribution in [1.29, 1.82) is 5.26 Å². The van der Waals surface area contributed by atoms with Crippen LogP contribution in [-0.4, -0.2) is 37.2 Å². The number of rotatable bonds is 9. The summed E-state index contributed by atoms with van der Waals surface area (Å²) < 4.78 is 5.94. The van der Waals surface area contributed by atoms with Gasteiger partial charge in [0, 0.05) is 30.9 Å². The molecule has 4 nitrogen and oxygen atoms in total. The van der Waals surface area contributed by atoms with Gasteiger partial charge in [0.25, 0.3) is 0 Å². The molecule has 0 radical (unpaired) electrons. The van der Waals surface area contributed by atoms with Crippen LogP contribution in [0.2, 0.25) is 0 Å². The van der Waals surface area contributed by atoms with Crippen molar-refractivity contribution in [3.05, 3.63) is 23.8 Å². The van der Waals surface area contributed by atoms with Gasteiger partial charge in [-0.3, -0.25) is 4.90 Å². The number of likely N-dealkylation sites (tertiary alicyclic amines) is 1. The Balaban J connectivity index is 1.86. The third-order valence-corrected chi connectivity index (χ3v) is 4.79. The third-order valence-electron chi connectivity index (χ3n) is 4.79. The van der Waals surface area contributed by atoms with Crippen LogP contribution in [0.15, 0.2) is 18.2 Å². The molecule has 1 saturated heterocycles. The first-order chi connectivity index (χ1) is 11.7. The number of unbranched alkanes of at least 4 members (excludes halogenated alkanes) is 2. The zero-order valence-electron chi connectivity index (χ0n) is 15.2. The van der Waals surface area contributed by atoms with E-state index in [1.165, 1.54) is 38.5 Å². The van der Waals surface area contributed by atoms with Gasteiger partial charge >= 0.3 is 0 Å². The SMILES string of the molecule is CCCCCNc1ccc(C#N)c(OCCN2CCCC[C@H]2C)c1. The number of ether oxygens (including phenoxy) is 1. The Morgan fingerprint density at radius 3 is 2.96 bits per heavy atom. The molecule has 1 aliphatic rings. The Kier molecular flexibility index (Phi) is 7.91. The molecule has 1 aromatic carbocycles. The number of nitriles is 1. The predicted molar refractivity (Wildman–Crippen MR) is 99.6 cm³/mol. The summed E-state index contributed by atoms with van der Waals surface area (Å²) in [7, 11) is 0. The molecule has 1 aromatic rings. The number of hydrogen-bond acceptors (Lipinski definition) is 4. The molecule has 1 N–H and O–H groups in total. The Hall–Kier alpha value is -1.73. The molecule has 0 bridgehead atoms. The Morgan fingerprint density at radius 1 is 1.33 bits per heavy atom. The van der Waals surface area contributed by atoms with Gasteiger partial charge in [-0.2, -0.15) is 5.26 Å². The molecule has 1 heterocycles. The molecule has 1 aliphatic heterocycles. The van der Waals surface area contributed by atoms with Gasteiger partial charge in [-0.25, -0.2) is 0 Å². The van der Waals surface area contributed by atoms with E-state index in [1.54, 1.807) is 0 Å². The minimum absolute atomic E-state index is 0.612. The molecule has 0 saturated carbocycles. The van der Waals surface area contributed by atoms with Gasteiger partial charge in [-0.1, -0.05) is 26.2 Å². The van der Waals surface area contributed by atoms with Crippen LogP contribution >= 0.6 is 0 Å². The minimum atomic E-state index is 0.612. The van der Waals surface area contributed by atoms with Gasteiger partial charge in [-0.05, 0) is 44.9 Å². The van der Waals surface area contributed by atoms with Crippen molar-refractivity contribution >= 4 is 5.69 Å². The normalized spacial score (nSPS) is 18.1. The highest BCUT2D eigenvalue weighted by molar-refractivity contribution is 5.55. The van der Waals surface area contributed by atoms with E-state index in [9.17, 15) is 5.26 Å². The summed E-state index contributed by atoms with van der Waals surface area (Å²) >= 11 is 0. The quantitative estimate of drug-likeness (QED) is 0.682. The Bertz CT molecular complexity index is 538. The van der Waals surface area contributed by atoms with Crippen molar-refractivity contribution in [3.8, 4) is 11.8 Å². The molecule has 0 aromatic heterocycles. The van der Waals surface area contributed by atoms with Gasteiger partial charge in [0.2, 0.25) is 0 Å². The highest BCUT2D eigenvalue weighted by atomic mass is 16.5. The van der Waals surface area contributed by atoms with Crippen molar-refractivity contribution in [2.75, 3.05) is 31.6 Å². The van der Waals surface area contributed by atoms with Gasteiger partial charge in [0.15, 0.2) is 0 Å². The van der Waals surface area contributed by atoms with Crippen molar-refractivity contribution < 1.29 is 4.74 Å². The molecule has 0 amide bonds. The van der Waals surface area contributed by atoms with E-state index < -0.39 is 0 Å². The molecule has 132 valence electrons. The Morgan fingerprint density at radius 2 is 2.21 bits per heavy atom. The number of hydrogen-bond donors (Lipinski definition) is 1. The summed E-state index contributed by atoms with van der Waals surface area (Å²) in [6.45, 7) is 8.19. The Labute approximate surface area is 146 Å². The molecule has 1 fully saturated rings. The average molecular weight is 329 g/mol.